The second-order valence-corrected chi connectivity index (χ2v) is 4.79. The molecule has 1 atom stereocenters. The minimum absolute atomic E-state index is 0.0384. The van der Waals surface area contributed by atoms with E-state index in [9.17, 15) is 0 Å². The predicted molar refractivity (Wildman–Crippen MR) is 67.8 cm³/mol. The molecule has 94 valence electrons. The van der Waals surface area contributed by atoms with E-state index in [4.69, 9.17) is 4.74 Å². The third-order valence-corrected chi connectivity index (χ3v) is 2.70. The third-order valence-electron chi connectivity index (χ3n) is 2.70. The molecule has 0 amide bonds. The fourth-order valence-corrected chi connectivity index (χ4v) is 1.91. The third kappa shape index (κ3) is 4.39. The second-order valence-electron chi connectivity index (χ2n) is 4.79. The van der Waals surface area contributed by atoms with Crippen molar-refractivity contribution in [1.29, 1.82) is 0 Å². The number of ether oxygens (including phenoxy) is 1. The maximum atomic E-state index is 5.89. The topological polar surface area (TPSA) is 45.7 Å². The Morgan fingerprint density at radius 3 is 2.38 bits per heavy atom. The molecular formula is C12H25N3O. The van der Waals surface area contributed by atoms with Gasteiger partial charge in [-0.1, -0.05) is 0 Å². The maximum absolute atomic E-state index is 5.89. The zero-order chi connectivity index (χ0) is 12.0. The molecule has 0 radical (unpaired) electrons. The van der Waals surface area contributed by atoms with Gasteiger partial charge in [0.1, 0.15) is 0 Å². The van der Waals surface area contributed by atoms with Crippen LogP contribution in [0.2, 0.25) is 0 Å². The van der Waals surface area contributed by atoms with Crippen molar-refractivity contribution < 1.29 is 4.74 Å². The van der Waals surface area contributed by atoms with Gasteiger partial charge in [-0.05, 0) is 40.5 Å². The van der Waals surface area contributed by atoms with Gasteiger partial charge in [-0.25, -0.2) is 0 Å². The molecule has 1 saturated heterocycles. The van der Waals surface area contributed by atoms with E-state index in [0.717, 1.165) is 38.4 Å². The van der Waals surface area contributed by atoms with Gasteiger partial charge in [-0.2, -0.15) is 0 Å². The average Bonchev–Trinajstić information content (AvgIpc) is 2.55. The Morgan fingerprint density at radius 1 is 1.31 bits per heavy atom. The zero-order valence-corrected chi connectivity index (χ0v) is 11.0. The van der Waals surface area contributed by atoms with Gasteiger partial charge >= 0.3 is 0 Å². The highest BCUT2D eigenvalue weighted by Gasteiger charge is 2.31. The van der Waals surface area contributed by atoms with Gasteiger partial charge in [0.2, 0.25) is 0 Å². The smallest absolute Gasteiger partial charge is 0.191 e. The van der Waals surface area contributed by atoms with Gasteiger partial charge in [-0.3, -0.25) is 4.99 Å². The summed E-state index contributed by atoms with van der Waals surface area (Å²) in [5.74, 6) is 0.887. The molecule has 0 aromatic heterocycles. The molecule has 1 fully saturated rings. The highest BCUT2D eigenvalue weighted by atomic mass is 16.5. The zero-order valence-electron chi connectivity index (χ0n) is 11.0. The van der Waals surface area contributed by atoms with Crippen molar-refractivity contribution in [2.45, 2.75) is 52.2 Å². The number of nitrogens with zero attached hydrogens (tertiary/aromatic N) is 1. The predicted octanol–water partition coefficient (Wildman–Crippen LogP) is 1.52. The molecule has 1 rings (SSSR count). The number of hydrogen-bond acceptors (Lipinski definition) is 2. The van der Waals surface area contributed by atoms with Crippen molar-refractivity contribution in [2.75, 3.05) is 19.6 Å². The Labute approximate surface area is 98.9 Å². The van der Waals surface area contributed by atoms with Crippen LogP contribution in [0.5, 0.6) is 0 Å². The molecule has 1 heterocycles. The molecule has 1 unspecified atom stereocenters. The number of aliphatic imine (C=N–C) groups is 1. The number of nitrogens with one attached hydrogen (secondary N) is 2. The van der Waals surface area contributed by atoms with Gasteiger partial charge in [0.15, 0.2) is 5.96 Å². The quantitative estimate of drug-likeness (QED) is 0.565. The summed E-state index contributed by atoms with van der Waals surface area (Å²) in [5.41, 5.74) is 0.0384. The fraction of sp³-hybridized carbons (Fsp3) is 0.917. The first-order chi connectivity index (χ1) is 7.57. The Bertz CT molecular complexity index is 230. The number of rotatable bonds is 4. The molecule has 0 saturated carbocycles. The first-order valence-corrected chi connectivity index (χ1v) is 6.27. The lowest BCUT2D eigenvalue weighted by Crippen LogP contribution is -2.37. The Balaban J connectivity index is 2.38. The first-order valence-electron chi connectivity index (χ1n) is 6.27. The van der Waals surface area contributed by atoms with Crippen LogP contribution in [0.1, 0.15) is 40.5 Å². The molecule has 0 aromatic rings. The summed E-state index contributed by atoms with van der Waals surface area (Å²) < 4.78 is 5.89. The Kier molecular flexibility index (Phi) is 5.06. The summed E-state index contributed by atoms with van der Waals surface area (Å²) in [6.45, 7) is 11.0. The maximum Gasteiger partial charge on any atom is 0.191 e. The van der Waals surface area contributed by atoms with E-state index in [-0.39, 0.29) is 11.7 Å². The van der Waals surface area contributed by atoms with Crippen LogP contribution in [0.15, 0.2) is 4.99 Å². The summed E-state index contributed by atoms with van der Waals surface area (Å²) in [5, 5.41) is 6.42. The van der Waals surface area contributed by atoms with Crippen molar-refractivity contribution in [2.24, 2.45) is 4.99 Å². The van der Waals surface area contributed by atoms with Crippen molar-refractivity contribution in [3.63, 3.8) is 0 Å². The van der Waals surface area contributed by atoms with E-state index in [1.54, 1.807) is 0 Å². The van der Waals surface area contributed by atoms with Crippen molar-refractivity contribution >= 4 is 5.96 Å². The van der Waals surface area contributed by atoms with Crippen LogP contribution in [0.3, 0.4) is 0 Å². The SMILES string of the molecule is CCNC(=NCC1CCC(C)(C)O1)NCC. The van der Waals surface area contributed by atoms with E-state index in [1.165, 1.54) is 0 Å². The van der Waals surface area contributed by atoms with Gasteiger partial charge < -0.3 is 15.4 Å². The summed E-state index contributed by atoms with van der Waals surface area (Å²) in [6, 6.07) is 0. The van der Waals surface area contributed by atoms with Gasteiger partial charge in [0, 0.05) is 13.1 Å². The molecule has 16 heavy (non-hydrogen) atoms. The highest BCUT2D eigenvalue weighted by molar-refractivity contribution is 5.79. The largest absolute Gasteiger partial charge is 0.370 e. The minimum Gasteiger partial charge on any atom is -0.370 e. The monoisotopic (exact) mass is 227 g/mol. The number of hydrogen-bond donors (Lipinski definition) is 2. The molecule has 2 N–H and O–H groups in total. The summed E-state index contributed by atoms with van der Waals surface area (Å²) in [6.07, 6.45) is 2.52. The lowest BCUT2D eigenvalue weighted by atomic mass is 10.1. The van der Waals surface area contributed by atoms with Gasteiger partial charge in [-0.15, -0.1) is 0 Å². The molecule has 0 spiro atoms. The molecule has 1 aliphatic heterocycles. The van der Waals surface area contributed by atoms with E-state index in [1.807, 2.05) is 0 Å². The average molecular weight is 227 g/mol. The number of guanidine groups is 1. The minimum atomic E-state index is 0.0384. The molecule has 0 bridgehead atoms. The van der Waals surface area contributed by atoms with E-state index in [2.05, 4.69) is 43.3 Å². The first kappa shape index (κ1) is 13.3. The molecule has 4 heteroatoms. The molecule has 1 aliphatic rings. The lowest BCUT2D eigenvalue weighted by molar-refractivity contribution is -0.0106. The summed E-state index contributed by atoms with van der Waals surface area (Å²) in [4.78, 5) is 4.52. The van der Waals surface area contributed by atoms with Gasteiger partial charge in [0.05, 0.1) is 18.2 Å². The normalized spacial score (nSPS) is 22.9. The van der Waals surface area contributed by atoms with E-state index < -0.39 is 0 Å². The van der Waals surface area contributed by atoms with E-state index >= 15 is 0 Å². The Hall–Kier alpha value is -0.770. The molecule has 0 aromatic carbocycles. The van der Waals surface area contributed by atoms with Crippen LogP contribution in [-0.4, -0.2) is 37.3 Å². The lowest BCUT2D eigenvalue weighted by Gasteiger charge is -2.18. The molecule has 0 aliphatic carbocycles. The van der Waals surface area contributed by atoms with Crippen molar-refractivity contribution in [1.82, 2.24) is 10.6 Å². The highest BCUT2D eigenvalue weighted by Crippen LogP contribution is 2.29. The van der Waals surface area contributed by atoms with Crippen LogP contribution in [0.4, 0.5) is 0 Å². The summed E-state index contributed by atoms with van der Waals surface area (Å²) >= 11 is 0. The van der Waals surface area contributed by atoms with Crippen LogP contribution < -0.4 is 10.6 Å². The second kappa shape index (κ2) is 6.09. The molecule has 4 nitrogen and oxygen atoms in total. The van der Waals surface area contributed by atoms with Crippen molar-refractivity contribution in [3.8, 4) is 0 Å². The van der Waals surface area contributed by atoms with Crippen LogP contribution in [0.25, 0.3) is 0 Å². The summed E-state index contributed by atoms with van der Waals surface area (Å²) in [7, 11) is 0. The van der Waals surface area contributed by atoms with Gasteiger partial charge in [0.25, 0.3) is 0 Å². The fourth-order valence-electron chi connectivity index (χ4n) is 1.91. The van der Waals surface area contributed by atoms with Crippen LogP contribution >= 0.6 is 0 Å². The molecular weight excluding hydrogens is 202 g/mol. The van der Waals surface area contributed by atoms with Crippen molar-refractivity contribution in [3.05, 3.63) is 0 Å². The van der Waals surface area contributed by atoms with Crippen LogP contribution in [-0.2, 0) is 4.74 Å². The Morgan fingerprint density at radius 2 is 1.94 bits per heavy atom. The standard InChI is InChI=1S/C12H25N3O/c1-5-13-11(14-6-2)15-9-10-7-8-12(3,4)16-10/h10H,5-9H2,1-4H3,(H2,13,14,15). The van der Waals surface area contributed by atoms with E-state index in [0.29, 0.717) is 0 Å². The van der Waals surface area contributed by atoms with Crippen LogP contribution in [0, 0.1) is 0 Å².